The zero-order chi connectivity index (χ0) is 12.0. The topological polar surface area (TPSA) is 18.5 Å². The molecule has 0 bridgehead atoms. The Morgan fingerprint density at radius 2 is 1.88 bits per heavy atom. The normalized spacial score (nSPS) is 10.8. The van der Waals surface area contributed by atoms with Crippen LogP contribution < -0.4 is 0 Å². The highest BCUT2D eigenvalue weighted by Crippen LogP contribution is 2.22. The van der Waals surface area contributed by atoms with Crippen molar-refractivity contribution in [2.24, 2.45) is 0 Å². The number of ether oxygens (including phenoxy) is 2. The first kappa shape index (κ1) is 13.5. The molecule has 0 radical (unpaired) electrons. The molecule has 0 aliphatic heterocycles. The fourth-order valence-electron chi connectivity index (χ4n) is 1.14. The van der Waals surface area contributed by atoms with E-state index < -0.39 is 11.6 Å². The van der Waals surface area contributed by atoms with Crippen molar-refractivity contribution in [2.75, 3.05) is 19.8 Å². The number of halogens is 3. The smallest absolute Gasteiger partial charge is 0.165 e. The van der Waals surface area contributed by atoms with Crippen LogP contribution in [-0.4, -0.2) is 19.8 Å². The molecule has 5 heteroatoms. The molecule has 0 heterocycles. The third kappa shape index (κ3) is 3.81. The summed E-state index contributed by atoms with van der Waals surface area (Å²) in [4.78, 5) is 0. The maximum atomic E-state index is 13.3. The minimum atomic E-state index is -0.870. The van der Waals surface area contributed by atoms with Gasteiger partial charge in [0.15, 0.2) is 11.6 Å². The molecule has 1 rings (SSSR count). The Kier molecular flexibility index (Phi) is 5.87. The number of hydrogen-bond donors (Lipinski definition) is 0. The predicted octanol–water partition coefficient (Wildman–Crippen LogP) is 3.28. The van der Waals surface area contributed by atoms with E-state index in [0.29, 0.717) is 24.3 Å². The Morgan fingerprint density at radius 1 is 1.19 bits per heavy atom. The van der Waals surface area contributed by atoms with Gasteiger partial charge < -0.3 is 9.47 Å². The van der Waals surface area contributed by atoms with Crippen LogP contribution in [0, 0.1) is 11.6 Å². The number of hydrogen-bond acceptors (Lipinski definition) is 2. The third-order valence-electron chi connectivity index (χ3n) is 1.96. The second kappa shape index (κ2) is 6.93. The van der Waals surface area contributed by atoms with Crippen LogP contribution in [0.1, 0.15) is 12.5 Å². The van der Waals surface area contributed by atoms with Crippen LogP contribution in [0.2, 0.25) is 0 Å². The molecule has 90 valence electrons. The summed E-state index contributed by atoms with van der Waals surface area (Å²) < 4.78 is 37.0. The lowest BCUT2D eigenvalue weighted by Gasteiger charge is -2.08. The first-order valence-electron chi connectivity index (χ1n) is 4.94. The Balaban J connectivity index is 2.50. The van der Waals surface area contributed by atoms with Gasteiger partial charge in [-0.15, -0.1) is 0 Å². The quantitative estimate of drug-likeness (QED) is 0.592. The standard InChI is InChI=1S/C11H13BrF2O2/c1-2-15-5-6-16-7-8-9(12)3-4-10(13)11(8)14/h3-4H,2,5-7H2,1H3. The largest absolute Gasteiger partial charge is 0.379 e. The fraction of sp³-hybridized carbons (Fsp3) is 0.455. The van der Waals surface area contributed by atoms with Crippen molar-refractivity contribution in [3.05, 3.63) is 33.8 Å². The molecule has 0 spiro atoms. The van der Waals surface area contributed by atoms with Gasteiger partial charge in [-0.2, -0.15) is 0 Å². The highest BCUT2D eigenvalue weighted by molar-refractivity contribution is 9.10. The van der Waals surface area contributed by atoms with Crippen molar-refractivity contribution in [2.45, 2.75) is 13.5 Å². The van der Waals surface area contributed by atoms with E-state index in [2.05, 4.69) is 15.9 Å². The average molecular weight is 295 g/mol. The maximum Gasteiger partial charge on any atom is 0.165 e. The minimum absolute atomic E-state index is 0.0251. The zero-order valence-corrected chi connectivity index (χ0v) is 10.5. The molecule has 16 heavy (non-hydrogen) atoms. The minimum Gasteiger partial charge on any atom is -0.379 e. The van der Waals surface area contributed by atoms with E-state index in [0.717, 1.165) is 6.07 Å². The third-order valence-corrected chi connectivity index (χ3v) is 2.70. The summed E-state index contributed by atoms with van der Waals surface area (Å²) in [5, 5.41) is 0. The Labute approximate surface area is 102 Å². The van der Waals surface area contributed by atoms with Crippen molar-refractivity contribution >= 4 is 15.9 Å². The van der Waals surface area contributed by atoms with Crippen LogP contribution in [-0.2, 0) is 16.1 Å². The summed E-state index contributed by atoms with van der Waals surface area (Å²) in [6.07, 6.45) is 0. The highest BCUT2D eigenvalue weighted by Gasteiger charge is 2.11. The Morgan fingerprint density at radius 3 is 2.56 bits per heavy atom. The van der Waals surface area contributed by atoms with Gasteiger partial charge in [0, 0.05) is 16.6 Å². The van der Waals surface area contributed by atoms with Crippen LogP contribution in [0.3, 0.4) is 0 Å². The van der Waals surface area contributed by atoms with E-state index in [1.54, 1.807) is 0 Å². The number of benzene rings is 1. The summed E-state index contributed by atoms with van der Waals surface area (Å²) in [5.74, 6) is -1.74. The van der Waals surface area contributed by atoms with Gasteiger partial charge in [0.1, 0.15) is 0 Å². The molecule has 0 amide bonds. The van der Waals surface area contributed by atoms with Crippen LogP contribution in [0.4, 0.5) is 8.78 Å². The molecule has 0 saturated carbocycles. The molecular formula is C11H13BrF2O2. The average Bonchev–Trinajstić information content (AvgIpc) is 2.28. The van der Waals surface area contributed by atoms with E-state index in [1.165, 1.54) is 6.07 Å². The van der Waals surface area contributed by atoms with Gasteiger partial charge in [0.05, 0.1) is 19.8 Å². The number of rotatable bonds is 6. The molecule has 1 aromatic rings. The lowest BCUT2D eigenvalue weighted by Crippen LogP contribution is -2.06. The van der Waals surface area contributed by atoms with E-state index in [1.807, 2.05) is 6.92 Å². The van der Waals surface area contributed by atoms with Crippen molar-refractivity contribution in [3.63, 3.8) is 0 Å². The van der Waals surface area contributed by atoms with Gasteiger partial charge in [-0.25, -0.2) is 8.78 Å². The van der Waals surface area contributed by atoms with Crippen LogP contribution in [0.25, 0.3) is 0 Å². The van der Waals surface area contributed by atoms with Gasteiger partial charge in [-0.05, 0) is 19.1 Å². The lowest BCUT2D eigenvalue weighted by atomic mass is 10.2. The highest BCUT2D eigenvalue weighted by atomic mass is 79.9. The fourth-order valence-corrected chi connectivity index (χ4v) is 1.56. The molecule has 0 aliphatic rings. The van der Waals surface area contributed by atoms with Gasteiger partial charge in [-0.3, -0.25) is 0 Å². The molecule has 0 atom stereocenters. The van der Waals surface area contributed by atoms with Gasteiger partial charge in [-0.1, -0.05) is 15.9 Å². The molecule has 0 fully saturated rings. The molecule has 2 nitrogen and oxygen atoms in total. The van der Waals surface area contributed by atoms with E-state index in [9.17, 15) is 8.78 Å². The first-order chi connectivity index (χ1) is 7.66. The molecule has 1 aromatic carbocycles. The summed E-state index contributed by atoms with van der Waals surface area (Å²) in [6, 6.07) is 2.53. The second-order valence-electron chi connectivity index (χ2n) is 3.07. The maximum absolute atomic E-state index is 13.3. The molecule has 0 unspecified atom stereocenters. The molecule has 0 aliphatic carbocycles. The Hall–Kier alpha value is -0.520. The van der Waals surface area contributed by atoms with Gasteiger partial charge in [0.25, 0.3) is 0 Å². The van der Waals surface area contributed by atoms with Gasteiger partial charge in [0.2, 0.25) is 0 Å². The summed E-state index contributed by atoms with van der Waals surface area (Å²) in [5.41, 5.74) is 0.191. The van der Waals surface area contributed by atoms with Crippen molar-refractivity contribution in [3.8, 4) is 0 Å². The predicted molar refractivity (Wildman–Crippen MR) is 60.2 cm³/mol. The molecule has 0 saturated heterocycles. The van der Waals surface area contributed by atoms with Crippen LogP contribution >= 0.6 is 15.9 Å². The van der Waals surface area contributed by atoms with Crippen molar-refractivity contribution < 1.29 is 18.3 Å². The summed E-state index contributed by atoms with van der Waals surface area (Å²) >= 11 is 3.15. The van der Waals surface area contributed by atoms with Gasteiger partial charge >= 0.3 is 0 Å². The molecule has 0 N–H and O–H groups in total. The first-order valence-corrected chi connectivity index (χ1v) is 5.74. The van der Waals surface area contributed by atoms with E-state index in [-0.39, 0.29) is 12.2 Å². The van der Waals surface area contributed by atoms with E-state index in [4.69, 9.17) is 9.47 Å². The second-order valence-corrected chi connectivity index (χ2v) is 3.93. The summed E-state index contributed by atoms with van der Waals surface area (Å²) in [7, 11) is 0. The van der Waals surface area contributed by atoms with Crippen molar-refractivity contribution in [1.82, 2.24) is 0 Å². The Bertz CT molecular complexity index is 345. The molecule has 0 aromatic heterocycles. The monoisotopic (exact) mass is 294 g/mol. The van der Waals surface area contributed by atoms with Crippen LogP contribution in [0.15, 0.2) is 16.6 Å². The summed E-state index contributed by atoms with van der Waals surface area (Å²) in [6.45, 7) is 3.32. The lowest BCUT2D eigenvalue weighted by molar-refractivity contribution is 0.0439. The van der Waals surface area contributed by atoms with E-state index >= 15 is 0 Å². The van der Waals surface area contributed by atoms with Crippen LogP contribution in [0.5, 0.6) is 0 Å². The SMILES string of the molecule is CCOCCOCc1c(Br)ccc(F)c1F. The molecular weight excluding hydrogens is 282 g/mol. The zero-order valence-electron chi connectivity index (χ0n) is 8.93. The van der Waals surface area contributed by atoms with Crippen molar-refractivity contribution in [1.29, 1.82) is 0 Å².